The molecule has 0 aromatic heterocycles. The molecule has 0 bridgehead atoms. The molecule has 0 radical (unpaired) electrons. The summed E-state index contributed by atoms with van der Waals surface area (Å²) in [5, 5.41) is 0. The van der Waals surface area contributed by atoms with E-state index in [4.69, 9.17) is 4.74 Å². The number of carbonyl (C=O) groups is 1. The average molecular weight is 381 g/mol. The van der Waals surface area contributed by atoms with Gasteiger partial charge in [0.2, 0.25) is 0 Å². The molecule has 0 saturated carbocycles. The predicted molar refractivity (Wildman–Crippen MR) is 118 cm³/mol. The van der Waals surface area contributed by atoms with Crippen molar-refractivity contribution in [2.45, 2.75) is 91.1 Å². The van der Waals surface area contributed by atoms with Crippen molar-refractivity contribution in [3.8, 4) is 0 Å². The van der Waals surface area contributed by atoms with Gasteiger partial charge >= 0.3 is 5.97 Å². The van der Waals surface area contributed by atoms with Gasteiger partial charge in [-0.05, 0) is 44.2 Å². The van der Waals surface area contributed by atoms with Crippen LogP contribution in [-0.2, 0) is 9.53 Å². The molecule has 2 rings (SSSR count). The summed E-state index contributed by atoms with van der Waals surface area (Å²) in [6.07, 6.45) is 13.6. The van der Waals surface area contributed by atoms with E-state index in [1.165, 1.54) is 44.9 Å². The van der Waals surface area contributed by atoms with Crippen LogP contribution in [0.4, 0.5) is 0 Å². The van der Waals surface area contributed by atoms with Gasteiger partial charge in [-0.2, -0.15) is 0 Å². The topological polar surface area (TPSA) is 26.3 Å². The predicted octanol–water partition coefficient (Wildman–Crippen LogP) is 7.41. The lowest BCUT2D eigenvalue weighted by Gasteiger charge is -2.17. The van der Waals surface area contributed by atoms with Crippen molar-refractivity contribution in [2.24, 2.45) is 0 Å². The van der Waals surface area contributed by atoms with Gasteiger partial charge in [0, 0.05) is 17.6 Å². The van der Waals surface area contributed by atoms with Crippen molar-refractivity contribution in [3.05, 3.63) is 58.8 Å². The molecule has 28 heavy (non-hydrogen) atoms. The fraction of sp³-hybridized carbons (Fsp3) is 0.538. The number of cyclic esters (lactones) is 1. The number of allylic oxidation sites excluding steroid dienone is 1. The summed E-state index contributed by atoms with van der Waals surface area (Å²) in [7, 11) is 0. The van der Waals surface area contributed by atoms with Gasteiger partial charge in [-0.25, -0.2) is 0 Å². The summed E-state index contributed by atoms with van der Waals surface area (Å²) in [4.78, 5) is 11.8. The Hall–Kier alpha value is -2.05. The van der Waals surface area contributed by atoms with Crippen LogP contribution in [0, 0.1) is 0 Å². The summed E-state index contributed by atoms with van der Waals surface area (Å²) in [5.74, 6) is -0.0866. The molecule has 1 aromatic rings. The van der Waals surface area contributed by atoms with Crippen molar-refractivity contribution in [3.63, 3.8) is 0 Å². The third-order valence-corrected chi connectivity index (χ3v) is 5.13. The number of esters is 1. The zero-order valence-electron chi connectivity index (χ0n) is 17.9. The molecule has 0 amide bonds. The molecule has 1 heterocycles. The first kappa shape index (κ1) is 22.2. The second-order valence-electron chi connectivity index (χ2n) is 7.95. The summed E-state index contributed by atoms with van der Waals surface area (Å²) in [6.45, 7) is 6.39. The molecule has 1 aliphatic rings. The summed E-state index contributed by atoms with van der Waals surface area (Å²) in [6, 6.07) is 10.4. The van der Waals surface area contributed by atoms with Gasteiger partial charge in [-0.3, -0.25) is 4.79 Å². The Morgan fingerprint density at radius 2 is 1.75 bits per heavy atom. The Labute approximate surface area is 171 Å². The Bertz CT molecular complexity index is 701. The first-order chi connectivity index (χ1) is 13.6. The number of hydrogen-bond donors (Lipinski definition) is 0. The molecule has 2 heteroatoms. The quantitative estimate of drug-likeness (QED) is 0.173. The average Bonchev–Trinajstić information content (AvgIpc) is 3.12. The van der Waals surface area contributed by atoms with E-state index in [1.54, 1.807) is 0 Å². The van der Waals surface area contributed by atoms with Gasteiger partial charge in [-0.15, -0.1) is 5.73 Å². The van der Waals surface area contributed by atoms with E-state index < -0.39 is 0 Å². The summed E-state index contributed by atoms with van der Waals surface area (Å²) >= 11 is 0. The Morgan fingerprint density at radius 3 is 2.36 bits per heavy atom. The fourth-order valence-electron chi connectivity index (χ4n) is 3.66. The fourth-order valence-corrected chi connectivity index (χ4v) is 3.66. The zero-order chi connectivity index (χ0) is 20.2. The van der Waals surface area contributed by atoms with Crippen LogP contribution in [0.5, 0.6) is 0 Å². The molecule has 0 spiro atoms. The SMILES string of the molecule is CCCCCCCCC/C=C(/C(=C=C(C)C)c1ccccc1)C1CCC(=O)O1. The first-order valence-electron chi connectivity index (χ1n) is 11.0. The van der Waals surface area contributed by atoms with Crippen molar-refractivity contribution < 1.29 is 9.53 Å². The highest BCUT2D eigenvalue weighted by Crippen LogP contribution is 2.32. The lowest BCUT2D eigenvalue weighted by atomic mass is 9.91. The van der Waals surface area contributed by atoms with E-state index in [1.807, 2.05) is 6.07 Å². The van der Waals surface area contributed by atoms with Crippen LogP contribution < -0.4 is 0 Å². The monoisotopic (exact) mass is 380 g/mol. The minimum absolute atomic E-state index is 0.0866. The molecule has 1 aliphatic heterocycles. The highest BCUT2D eigenvalue weighted by molar-refractivity contribution is 5.82. The first-order valence-corrected chi connectivity index (χ1v) is 11.0. The lowest BCUT2D eigenvalue weighted by Crippen LogP contribution is -2.12. The number of unbranched alkanes of at least 4 members (excludes halogenated alkanes) is 7. The molecule has 1 fully saturated rings. The van der Waals surface area contributed by atoms with Crippen LogP contribution in [0.15, 0.2) is 53.3 Å². The van der Waals surface area contributed by atoms with Gasteiger partial charge in [0.15, 0.2) is 0 Å². The molecule has 1 aromatic carbocycles. The van der Waals surface area contributed by atoms with Crippen LogP contribution in [0.25, 0.3) is 5.57 Å². The smallest absolute Gasteiger partial charge is 0.306 e. The van der Waals surface area contributed by atoms with Crippen LogP contribution in [-0.4, -0.2) is 12.1 Å². The Morgan fingerprint density at radius 1 is 1.07 bits per heavy atom. The third kappa shape index (κ3) is 7.52. The molecule has 1 unspecified atom stereocenters. The van der Waals surface area contributed by atoms with Crippen LogP contribution in [0.3, 0.4) is 0 Å². The molecular formula is C26H36O2. The molecule has 2 nitrogen and oxygen atoms in total. The maximum atomic E-state index is 11.8. The Kier molecular flexibility index (Phi) is 9.86. The van der Waals surface area contributed by atoms with E-state index in [0.717, 1.165) is 35.1 Å². The molecule has 0 N–H and O–H groups in total. The highest BCUT2D eigenvalue weighted by Gasteiger charge is 2.28. The van der Waals surface area contributed by atoms with E-state index in [2.05, 4.69) is 56.8 Å². The number of hydrogen-bond acceptors (Lipinski definition) is 2. The van der Waals surface area contributed by atoms with Crippen molar-refractivity contribution in [2.75, 3.05) is 0 Å². The largest absolute Gasteiger partial charge is 0.457 e. The zero-order valence-corrected chi connectivity index (χ0v) is 17.9. The standard InChI is InChI=1S/C26H36O2/c1-4-5-6-7-8-9-10-14-17-23(25-18-19-26(27)28-25)24(20-21(2)3)22-15-12-11-13-16-22/h11-13,15-17,25H,4-10,14,18-19H2,1-3H3/b23-17-. The van der Waals surface area contributed by atoms with E-state index in [-0.39, 0.29) is 12.1 Å². The van der Waals surface area contributed by atoms with Gasteiger partial charge in [0.1, 0.15) is 6.10 Å². The Balaban J connectivity index is 2.14. The van der Waals surface area contributed by atoms with Crippen LogP contribution in [0.2, 0.25) is 0 Å². The van der Waals surface area contributed by atoms with Crippen LogP contribution >= 0.6 is 0 Å². The van der Waals surface area contributed by atoms with Gasteiger partial charge < -0.3 is 4.74 Å². The minimum Gasteiger partial charge on any atom is -0.457 e. The van der Waals surface area contributed by atoms with Crippen molar-refractivity contribution >= 4 is 11.5 Å². The van der Waals surface area contributed by atoms with Crippen molar-refractivity contribution in [1.29, 1.82) is 0 Å². The number of benzene rings is 1. The number of ether oxygens (including phenoxy) is 1. The minimum atomic E-state index is -0.140. The number of rotatable bonds is 11. The van der Waals surface area contributed by atoms with Gasteiger partial charge in [-0.1, -0.05) is 81.9 Å². The maximum Gasteiger partial charge on any atom is 0.306 e. The number of carbonyl (C=O) groups excluding carboxylic acids is 1. The molecule has 1 saturated heterocycles. The normalized spacial score (nSPS) is 16.6. The third-order valence-electron chi connectivity index (χ3n) is 5.13. The highest BCUT2D eigenvalue weighted by atomic mass is 16.5. The molecular weight excluding hydrogens is 344 g/mol. The van der Waals surface area contributed by atoms with Gasteiger partial charge in [0.05, 0.1) is 0 Å². The van der Waals surface area contributed by atoms with E-state index >= 15 is 0 Å². The summed E-state index contributed by atoms with van der Waals surface area (Å²) in [5.41, 5.74) is 8.00. The molecule has 0 aliphatic carbocycles. The summed E-state index contributed by atoms with van der Waals surface area (Å²) < 4.78 is 5.65. The maximum absolute atomic E-state index is 11.8. The van der Waals surface area contributed by atoms with E-state index in [0.29, 0.717) is 6.42 Å². The lowest BCUT2D eigenvalue weighted by molar-refractivity contribution is -0.140. The van der Waals surface area contributed by atoms with Crippen LogP contribution in [0.1, 0.15) is 90.5 Å². The molecule has 1 atom stereocenters. The second-order valence-corrected chi connectivity index (χ2v) is 7.95. The second kappa shape index (κ2) is 12.4. The van der Waals surface area contributed by atoms with Gasteiger partial charge in [0.25, 0.3) is 0 Å². The molecule has 152 valence electrons. The van der Waals surface area contributed by atoms with E-state index in [9.17, 15) is 4.79 Å². The van der Waals surface area contributed by atoms with Crippen molar-refractivity contribution in [1.82, 2.24) is 0 Å².